The van der Waals surface area contributed by atoms with Gasteiger partial charge in [-0.25, -0.2) is 8.42 Å². The van der Waals surface area contributed by atoms with E-state index in [2.05, 4.69) is 15.2 Å². The largest absolute Gasteiger partial charge is 0.351 e. The highest BCUT2D eigenvalue weighted by Crippen LogP contribution is 2.23. The number of sulfonamides is 1. The molecule has 2 rings (SSSR count). The second kappa shape index (κ2) is 6.18. The number of hydrogen-bond acceptors (Lipinski definition) is 5. The highest BCUT2D eigenvalue weighted by atomic mass is 32.2. The second-order valence-corrected chi connectivity index (χ2v) is 6.74. The van der Waals surface area contributed by atoms with Gasteiger partial charge >= 0.3 is 0 Å². The number of aromatic nitrogens is 1. The zero-order chi connectivity index (χ0) is 16.3. The third-order valence-electron chi connectivity index (χ3n) is 2.92. The maximum atomic E-state index is 12.1. The summed E-state index contributed by atoms with van der Waals surface area (Å²) in [6.45, 7) is 3.47. The fraction of sp³-hybridized carbons (Fsp3) is 0.286. The molecule has 0 saturated heterocycles. The summed E-state index contributed by atoms with van der Waals surface area (Å²) in [5.41, 5.74) is 1.68. The monoisotopic (exact) mass is 323 g/mol. The Morgan fingerprint density at radius 2 is 2.00 bits per heavy atom. The number of aryl methyl sites for hydroxylation is 1. The van der Waals surface area contributed by atoms with Gasteiger partial charge in [-0.1, -0.05) is 23.4 Å². The van der Waals surface area contributed by atoms with Crippen LogP contribution in [0.3, 0.4) is 0 Å². The Labute approximate surface area is 128 Å². The molecular formula is C14H17N3O4S. The van der Waals surface area contributed by atoms with Crippen LogP contribution in [0, 0.1) is 6.92 Å². The summed E-state index contributed by atoms with van der Waals surface area (Å²) in [5.74, 6) is -0.305. The summed E-state index contributed by atoms with van der Waals surface area (Å²) in [4.78, 5) is 12.1. The SMILES string of the molecule is Cc1cc(C(=O)NC(C)c2ccccc2NS(C)(=O)=O)on1. The molecular weight excluding hydrogens is 306 g/mol. The van der Waals surface area contributed by atoms with Crippen molar-refractivity contribution >= 4 is 21.6 Å². The van der Waals surface area contributed by atoms with Crippen molar-refractivity contribution in [1.82, 2.24) is 10.5 Å². The van der Waals surface area contributed by atoms with Crippen molar-refractivity contribution in [2.45, 2.75) is 19.9 Å². The highest BCUT2D eigenvalue weighted by Gasteiger charge is 2.18. The van der Waals surface area contributed by atoms with E-state index in [0.717, 1.165) is 6.26 Å². The molecule has 0 bridgehead atoms. The average molecular weight is 323 g/mol. The first kappa shape index (κ1) is 16.0. The van der Waals surface area contributed by atoms with E-state index in [0.29, 0.717) is 16.9 Å². The van der Waals surface area contributed by atoms with E-state index in [1.165, 1.54) is 6.07 Å². The Kier molecular flexibility index (Phi) is 4.51. The smallest absolute Gasteiger partial charge is 0.290 e. The van der Waals surface area contributed by atoms with Crippen LogP contribution in [0.1, 0.15) is 34.8 Å². The molecule has 1 amide bonds. The first-order valence-electron chi connectivity index (χ1n) is 6.57. The number of anilines is 1. The third-order valence-corrected chi connectivity index (χ3v) is 3.51. The van der Waals surface area contributed by atoms with E-state index in [4.69, 9.17) is 4.52 Å². The predicted molar refractivity (Wildman–Crippen MR) is 82.0 cm³/mol. The van der Waals surface area contributed by atoms with Gasteiger partial charge in [0.2, 0.25) is 15.8 Å². The number of carbonyl (C=O) groups is 1. The number of para-hydroxylation sites is 1. The van der Waals surface area contributed by atoms with Crippen LogP contribution < -0.4 is 10.0 Å². The summed E-state index contributed by atoms with van der Waals surface area (Å²) >= 11 is 0. The van der Waals surface area contributed by atoms with Gasteiger partial charge < -0.3 is 9.84 Å². The van der Waals surface area contributed by atoms with Crippen LogP contribution >= 0.6 is 0 Å². The van der Waals surface area contributed by atoms with Crippen LogP contribution in [0.25, 0.3) is 0 Å². The van der Waals surface area contributed by atoms with Crippen LogP contribution in [-0.2, 0) is 10.0 Å². The van der Waals surface area contributed by atoms with Gasteiger partial charge in [0.1, 0.15) is 0 Å². The number of carbonyl (C=O) groups excluding carboxylic acids is 1. The van der Waals surface area contributed by atoms with Crippen molar-refractivity contribution < 1.29 is 17.7 Å². The minimum absolute atomic E-state index is 0.109. The van der Waals surface area contributed by atoms with Gasteiger partial charge in [0.25, 0.3) is 5.91 Å². The number of rotatable bonds is 5. The molecule has 0 saturated carbocycles. The molecule has 0 fully saturated rings. The predicted octanol–water partition coefficient (Wildman–Crippen LogP) is 1.85. The molecule has 0 aliphatic carbocycles. The van der Waals surface area contributed by atoms with Gasteiger partial charge in [-0.2, -0.15) is 0 Å². The molecule has 0 aliphatic rings. The fourth-order valence-corrected chi connectivity index (χ4v) is 2.57. The van der Waals surface area contributed by atoms with Gasteiger partial charge in [-0.15, -0.1) is 0 Å². The second-order valence-electron chi connectivity index (χ2n) is 4.99. The number of hydrogen-bond donors (Lipinski definition) is 2. The quantitative estimate of drug-likeness (QED) is 0.874. The van der Waals surface area contributed by atoms with Gasteiger partial charge in [0.15, 0.2) is 0 Å². The molecule has 1 unspecified atom stereocenters. The number of nitrogens with one attached hydrogen (secondary N) is 2. The lowest BCUT2D eigenvalue weighted by molar-refractivity contribution is 0.0902. The molecule has 1 aromatic carbocycles. The summed E-state index contributed by atoms with van der Waals surface area (Å²) in [5, 5.41) is 6.40. The topological polar surface area (TPSA) is 101 Å². The number of amides is 1. The third kappa shape index (κ3) is 4.08. The van der Waals surface area contributed by atoms with Crippen molar-refractivity contribution in [3.63, 3.8) is 0 Å². The molecule has 1 heterocycles. The first-order chi connectivity index (χ1) is 10.3. The van der Waals surface area contributed by atoms with Gasteiger partial charge in [0, 0.05) is 6.07 Å². The van der Waals surface area contributed by atoms with Crippen LogP contribution in [-0.4, -0.2) is 25.7 Å². The standard InChI is InChI=1S/C14H17N3O4S/c1-9-8-13(21-16-9)14(18)15-10(2)11-6-4-5-7-12(11)17-22(3,19)20/h4-8,10,17H,1-3H3,(H,15,18). The summed E-state index contributed by atoms with van der Waals surface area (Å²) in [6.07, 6.45) is 1.07. The Morgan fingerprint density at radius 1 is 1.32 bits per heavy atom. The Balaban J connectivity index is 2.19. The molecule has 0 radical (unpaired) electrons. The van der Waals surface area contributed by atoms with E-state index in [-0.39, 0.29) is 5.76 Å². The molecule has 1 atom stereocenters. The summed E-state index contributed by atoms with van der Waals surface area (Å²) < 4.78 is 30.1. The van der Waals surface area contributed by atoms with Crippen LogP contribution in [0.2, 0.25) is 0 Å². The Hall–Kier alpha value is -2.35. The first-order valence-corrected chi connectivity index (χ1v) is 8.46. The number of nitrogens with zero attached hydrogens (tertiary/aromatic N) is 1. The van der Waals surface area contributed by atoms with Crippen molar-refractivity contribution in [2.24, 2.45) is 0 Å². The maximum absolute atomic E-state index is 12.1. The minimum Gasteiger partial charge on any atom is -0.351 e. The zero-order valence-electron chi connectivity index (χ0n) is 12.5. The summed E-state index contributed by atoms with van der Waals surface area (Å²) in [7, 11) is -3.40. The maximum Gasteiger partial charge on any atom is 0.290 e. The Morgan fingerprint density at radius 3 is 2.59 bits per heavy atom. The van der Waals surface area contributed by atoms with Gasteiger partial charge in [0.05, 0.1) is 23.7 Å². The lowest BCUT2D eigenvalue weighted by atomic mass is 10.1. The van der Waals surface area contributed by atoms with E-state index in [1.807, 2.05) is 0 Å². The fourth-order valence-electron chi connectivity index (χ4n) is 1.98. The molecule has 0 aliphatic heterocycles. The highest BCUT2D eigenvalue weighted by molar-refractivity contribution is 7.92. The molecule has 118 valence electrons. The van der Waals surface area contributed by atoms with E-state index in [9.17, 15) is 13.2 Å². The lowest BCUT2D eigenvalue weighted by Crippen LogP contribution is -2.27. The van der Waals surface area contributed by atoms with Crippen molar-refractivity contribution in [1.29, 1.82) is 0 Å². The molecule has 7 nitrogen and oxygen atoms in total. The minimum atomic E-state index is -3.40. The normalized spacial score (nSPS) is 12.7. The van der Waals surface area contributed by atoms with Gasteiger partial charge in [-0.3, -0.25) is 9.52 Å². The molecule has 2 aromatic rings. The summed E-state index contributed by atoms with van der Waals surface area (Å²) in [6, 6.07) is 7.98. The van der Waals surface area contributed by atoms with Crippen LogP contribution in [0.15, 0.2) is 34.9 Å². The zero-order valence-corrected chi connectivity index (χ0v) is 13.3. The molecule has 2 N–H and O–H groups in total. The van der Waals surface area contributed by atoms with E-state index in [1.54, 1.807) is 38.1 Å². The molecule has 1 aromatic heterocycles. The van der Waals surface area contributed by atoms with Gasteiger partial charge in [-0.05, 0) is 25.5 Å². The average Bonchev–Trinajstić information content (AvgIpc) is 2.84. The lowest BCUT2D eigenvalue weighted by Gasteiger charge is -2.17. The van der Waals surface area contributed by atoms with Crippen molar-refractivity contribution in [3.05, 3.63) is 47.3 Å². The van der Waals surface area contributed by atoms with E-state index >= 15 is 0 Å². The van der Waals surface area contributed by atoms with Crippen LogP contribution in [0.4, 0.5) is 5.69 Å². The molecule has 22 heavy (non-hydrogen) atoms. The Bertz CT molecular complexity index is 783. The number of benzene rings is 1. The van der Waals surface area contributed by atoms with Crippen molar-refractivity contribution in [2.75, 3.05) is 11.0 Å². The van der Waals surface area contributed by atoms with Crippen molar-refractivity contribution in [3.8, 4) is 0 Å². The van der Waals surface area contributed by atoms with E-state index < -0.39 is 22.0 Å². The molecule has 0 spiro atoms. The molecule has 8 heteroatoms. The van der Waals surface area contributed by atoms with Crippen LogP contribution in [0.5, 0.6) is 0 Å².